The van der Waals surface area contributed by atoms with E-state index in [2.05, 4.69) is 31.5 Å². The third kappa shape index (κ3) is 2.83. The van der Waals surface area contributed by atoms with Crippen molar-refractivity contribution in [1.82, 2.24) is 25.2 Å². The normalized spacial score (nSPS) is 14.3. The first-order valence-corrected chi connectivity index (χ1v) is 8.34. The molecule has 7 nitrogen and oxygen atoms in total. The highest BCUT2D eigenvalue weighted by Gasteiger charge is 2.23. The maximum atomic E-state index is 9.70. The molecule has 0 amide bonds. The third-order valence-electron chi connectivity index (χ3n) is 4.49. The van der Waals surface area contributed by atoms with Gasteiger partial charge in [0.05, 0.1) is 41.7 Å². The fourth-order valence-corrected chi connectivity index (χ4v) is 3.37. The van der Waals surface area contributed by atoms with E-state index in [9.17, 15) is 5.26 Å². The lowest BCUT2D eigenvalue weighted by atomic mass is 9.97. The molecule has 1 saturated heterocycles. The number of anilines is 1. The second kappa shape index (κ2) is 6.69. The molecule has 3 aromatic rings. The predicted molar refractivity (Wildman–Crippen MR) is 93.2 cm³/mol. The van der Waals surface area contributed by atoms with Gasteiger partial charge in [-0.05, 0) is 37.5 Å². The second-order valence-electron chi connectivity index (χ2n) is 5.99. The fraction of sp³-hybridized carbons (Fsp3) is 0.278. The lowest BCUT2D eigenvalue weighted by molar-refractivity contribution is 0.577. The van der Waals surface area contributed by atoms with Gasteiger partial charge in [0.2, 0.25) is 0 Å². The standard InChI is InChI=1S/C18H17N7/c19-12-14-4-5-16(25-11-8-21-23-25)17(15-6-7-20-22-13-15)18(14)24-9-2-1-3-10-24/h4-8,11,13H,1-3,9-10H2. The molecule has 0 aliphatic carbocycles. The average molecular weight is 331 g/mol. The molecule has 0 unspecified atom stereocenters. The van der Waals surface area contributed by atoms with Crippen LogP contribution in [0.1, 0.15) is 24.8 Å². The van der Waals surface area contributed by atoms with Crippen molar-refractivity contribution in [2.75, 3.05) is 18.0 Å². The van der Waals surface area contributed by atoms with Gasteiger partial charge in [-0.25, -0.2) is 4.68 Å². The van der Waals surface area contributed by atoms with Gasteiger partial charge in [0.25, 0.3) is 0 Å². The number of nitrogens with zero attached hydrogens (tertiary/aromatic N) is 7. The molecule has 1 aliphatic heterocycles. The van der Waals surface area contributed by atoms with E-state index in [1.165, 1.54) is 6.42 Å². The zero-order valence-corrected chi connectivity index (χ0v) is 13.7. The van der Waals surface area contributed by atoms with Gasteiger partial charge in [0.15, 0.2) is 0 Å². The van der Waals surface area contributed by atoms with Gasteiger partial charge in [0, 0.05) is 24.2 Å². The van der Waals surface area contributed by atoms with Gasteiger partial charge in [-0.3, -0.25) is 0 Å². The van der Waals surface area contributed by atoms with Gasteiger partial charge in [-0.2, -0.15) is 15.5 Å². The highest BCUT2D eigenvalue weighted by molar-refractivity contribution is 5.88. The van der Waals surface area contributed by atoms with Crippen molar-refractivity contribution in [3.63, 3.8) is 0 Å². The second-order valence-corrected chi connectivity index (χ2v) is 5.99. The number of hydrogen-bond acceptors (Lipinski definition) is 6. The fourth-order valence-electron chi connectivity index (χ4n) is 3.37. The topological polar surface area (TPSA) is 83.5 Å². The van der Waals surface area contributed by atoms with Crippen LogP contribution < -0.4 is 4.90 Å². The molecule has 0 saturated carbocycles. The maximum Gasteiger partial charge on any atom is 0.101 e. The zero-order chi connectivity index (χ0) is 17.1. The predicted octanol–water partition coefficient (Wildman–Crippen LogP) is 2.59. The van der Waals surface area contributed by atoms with E-state index >= 15 is 0 Å². The van der Waals surface area contributed by atoms with Crippen LogP contribution in [0.5, 0.6) is 0 Å². The monoisotopic (exact) mass is 331 g/mol. The largest absolute Gasteiger partial charge is 0.370 e. The van der Waals surface area contributed by atoms with Crippen molar-refractivity contribution in [2.45, 2.75) is 19.3 Å². The van der Waals surface area contributed by atoms with Crippen LogP contribution in [-0.2, 0) is 0 Å². The van der Waals surface area contributed by atoms with E-state index in [1.54, 1.807) is 29.5 Å². The van der Waals surface area contributed by atoms with Crippen molar-refractivity contribution in [1.29, 1.82) is 5.26 Å². The van der Waals surface area contributed by atoms with Gasteiger partial charge >= 0.3 is 0 Å². The van der Waals surface area contributed by atoms with E-state index in [1.807, 2.05) is 18.2 Å². The Morgan fingerprint density at radius 3 is 2.52 bits per heavy atom. The minimum Gasteiger partial charge on any atom is -0.370 e. The average Bonchev–Trinajstić information content (AvgIpc) is 3.23. The number of hydrogen-bond donors (Lipinski definition) is 0. The highest BCUT2D eigenvalue weighted by atomic mass is 15.4. The van der Waals surface area contributed by atoms with Crippen LogP contribution in [0.4, 0.5) is 5.69 Å². The molecule has 0 bridgehead atoms. The van der Waals surface area contributed by atoms with Crippen LogP contribution in [-0.4, -0.2) is 38.3 Å². The van der Waals surface area contributed by atoms with Gasteiger partial charge in [-0.15, -0.1) is 5.10 Å². The summed E-state index contributed by atoms with van der Waals surface area (Å²) in [6.07, 6.45) is 10.3. The van der Waals surface area contributed by atoms with Crippen molar-refractivity contribution in [3.8, 4) is 22.9 Å². The van der Waals surface area contributed by atoms with E-state index in [0.717, 1.165) is 48.4 Å². The number of benzene rings is 1. The molecular weight excluding hydrogens is 314 g/mol. The lowest BCUT2D eigenvalue weighted by Gasteiger charge is -2.32. The van der Waals surface area contributed by atoms with Crippen LogP contribution in [0.15, 0.2) is 43.0 Å². The summed E-state index contributed by atoms with van der Waals surface area (Å²) in [5.74, 6) is 0. The van der Waals surface area contributed by atoms with Gasteiger partial charge in [-0.1, -0.05) is 5.21 Å². The first kappa shape index (κ1) is 15.3. The summed E-state index contributed by atoms with van der Waals surface area (Å²) in [6, 6.07) is 8.04. The molecule has 0 spiro atoms. The number of nitriles is 1. The maximum absolute atomic E-state index is 9.70. The molecule has 25 heavy (non-hydrogen) atoms. The van der Waals surface area contributed by atoms with E-state index in [0.29, 0.717) is 5.56 Å². The number of aromatic nitrogens is 5. The summed E-state index contributed by atoms with van der Waals surface area (Å²) in [5.41, 5.74) is 4.35. The van der Waals surface area contributed by atoms with Crippen LogP contribution in [0, 0.1) is 11.3 Å². The molecule has 3 heterocycles. The smallest absolute Gasteiger partial charge is 0.101 e. The van der Waals surface area contributed by atoms with Crippen molar-refractivity contribution in [2.24, 2.45) is 0 Å². The first-order valence-electron chi connectivity index (χ1n) is 8.34. The van der Waals surface area contributed by atoms with E-state index < -0.39 is 0 Å². The van der Waals surface area contributed by atoms with Crippen LogP contribution in [0.2, 0.25) is 0 Å². The molecule has 0 radical (unpaired) electrons. The molecule has 1 aliphatic rings. The number of piperidine rings is 1. The Morgan fingerprint density at radius 1 is 0.960 bits per heavy atom. The quantitative estimate of drug-likeness (QED) is 0.733. The minimum absolute atomic E-state index is 0.664. The van der Waals surface area contributed by atoms with Crippen molar-refractivity contribution >= 4 is 5.69 Å². The summed E-state index contributed by atoms with van der Waals surface area (Å²) in [6.45, 7) is 1.89. The SMILES string of the molecule is N#Cc1ccc(-n2ccnn2)c(-c2ccnnc2)c1N1CCCCC1. The summed E-state index contributed by atoms with van der Waals surface area (Å²) in [4.78, 5) is 2.30. The van der Waals surface area contributed by atoms with Crippen molar-refractivity contribution < 1.29 is 0 Å². The molecule has 1 aromatic carbocycles. The molecule has 124 valence electrons. The summed E-state index contributed by atoms with van der Waals surface area (Å²) in [7, 11) is 0. The Kier molecular flexibility index (Phi) is 4.09. The lowest BCUT2D eigenvalue weighted by Crippen LogP contribution is -2.30. The molecule has 7 heteroatoms. The first-order chi connectivity index (χ1) is 12.4. The Bertz CT molecular complexity index is 891. The molecule has 0 atom stereocenters. The van der Waals surface area contributed by atoms with Gasteiger partial charge < -0.3 is 4.90 Å². The summed E-state index contributed by atoms with van der Waals surface area (Å²) < 4.78 is 1.73. The van der Waals surface area contributed by atoms with Crippen molar-refractivity contribution in [3.05, 3.63) is 48.5 Å². The molecule has 2 aromatic heterocycles. The van der Waals surface area contributed by atoms with E-state index in [4.69, 9.17) is 0 Å². The van der Waals surface area contributed by atoms with Gasteiger partial charge in [0.1, 0.15) is 6.07 Å². The third-order valence-corrected chi connectivity index (χ3v) is 4.49. The molecule has 4 rings (SSSR count). The molecule has 1 fully saturated rings. The summed E-state index contributed by atoms with van der Waals surface area (Å²) >= 11 is 0. The molecular formula is C18H17N7. The Morgan fingerprint density at radius 2 is 1.84 bits per heavy atom. The Balaban J connectivity index is 2.00. The minimum atomic E-state index is 0.664. The van der Waals surface area contributed by atoms with E-state index in [-0.39, 0.29) is 0 Å². The molecule has 0 N–H and O–H groups in total. The van der Waals surface area contributed by atoms with Crippen LogP contribution >= 0.6 is 0 Å². The Hall–Kier alpha value is -3.27. The van der Waals surface area contributed by atoms with Crippen LogP contribution in [0.25, 0.3) is 16.8 Å². The highest BCUT2D eigenvalue weighted by Crippen LogP contribution is 2.39. The Labute approximate surface area is 145 Å². The van der Waals surface area contributed by atoms with Crippen LogP contribution in [0.3, 0.4) is 0 Å². The number of rotatable bonds is 3. The summed E-state index contributed by atoms with van der Waals surface area (Å²) in [5, 5.41) is 25.7. The zero-order valence-electron chi connectivity index (χ0n) is 13.7.